The lowest BCUT2D eigenvalue weighted by molar-refractivity contribution is -0.144. The van der Waals surface area contributed by atoms with Crippen LogP contribution >= 0.6 is 11.3 Å². The average molecular weight is 531 g/mol. The van der Waals surface area contributed by atoms with Crippen molar-refractivity contribution in [3.8, 4) is 10.4 Å². The average Bonchev–Trinajstić information content (AvgIpc) is 3.46. The summed E-state index contributed by atoms with van der Waals surface area (Å²) in [6.45, 7) is 10.1. The Morgan fingerprint density at radius 2 is 1.95 bits per heavy atom. The largest absolute Gasteiger partial charge is 0.391 e. The number of rotatable bonds is 10. The molecule has 0 radical (unpaired) electrons. The minimum Gasteiger partial charge on any atom is -0.391 e. The van der Waals surface area contributed by atoms with E-state index in [1.54, 1.807) is 11.3 Å². The maximum Gasteiger partial charge on any atom is 0.246 e. The first-order valence-corrected chi connectivity index (χ1v) is 13.5. The summed E-state index contributed by atoms with van der Waals surface area (Å²) in [5.41, 5.74) is 4.18. The van der Waals surface area contributed by atoms with Crippen molar-refractivity contribution in [1.82, 2.24) is 20.5 Å². The monoisotopic (exact) mass is 530 g/mol. The van der Waals surface area contributed by atoms with E-state index < -0.39 is 29.5 Å². The summed E-state index contributed by atoms with van der Waals surface area (Å²) in [6, 6.07) is 6.21. The summed E-state index contributed by atoms with van der Waals surface area (Å²) in [7, 11) is 0. The molecule has 37 heavy (non-hydrogen) atoms. The van der Waals surface area contributed by atoms with Gasteiger partial charge in [0, 0.05) is 26.1 Å². The minimum atomic E-state index is -0.867. The zero-order chi connectivity index (χ0) is 27.2. The van der Waals surface area contributed by atoms with Crippen LogP contribution in [-0.4, -0.2) is 70.7 Å². The molecule has 10 heteroatoms. The van der Waals surface area contributed by atoms with Crippen LogP contribution in [0.25, 0.3) is 10.4 Å². The highest BCUT2D eigenvalue weighted by atomic mass is 32.1. The standard InChI is InChI=1S/C27H38N4O5S/c1-6-11-36-15-22(33)30-24(27(3,4)5)26(35)31-14-20(32)12-21(31)25(34)28-13-18-7-9-19(10-8-18)23-17(2)29-16-37-23/h7-10,16,20-21,24,32H,6,11-15H2,1-5H3,(H,28,34)(H,30,33)/t20-,21-,24+/m0/s1. The molecule has 3 amide bonds. The van der Waals surface area contributed by atoms with Crippen molar-refractivity contribution in [1.29, 1.82) is 0 Å². The second kappa shape index (κ2) is 12.6. The van der Waals surface area contributed by atoms with Crippen molar-refractivity contribution in [3.63, 3.8) is 0 Å². The van der Waals surface area contributed by atoms with Gasteiger partial charge in [-0.25, -0.2) is 4.98 Å². The number of carbonyl (C=O) groups is 3. The van der Waals surface area contributed by atoms with Crippen molar-refractivity contribution in [2.45, 2.75) is 72.2 Å². The number of benzene rings is 1. The molecule has 0 spiro atoms. The molecule has 2 aromatic rings. The number of nitrogens with zero attached hydrogens (tertiary/aromatic N) is 2. The summed E-state index contributed by atoms with van der Waals surface area (Å²) < 4.78 is 5.30. The fourth-order valence-electron chi connectivity index (χ4n) is 4.29. The van der Waals surface area contributed by atoms with Crippen molar-refractivity contribution in [3.05, 3.63) is 41.0 Å². The molecule has 202 valence electrons. The van der Waals surface area contributed by atoms with E-state index in [0.717, 1.165) is 28.1 Å². The molecule has 1 aromatic carbocycles. The molecule has 0 saturated carbocycles. The predicted molar refractivity (Wildman–Crippen MR) is 143 cm³/mol. The van der Waals surface area contributed by atoms with Gasteiger partial charge in [-0.15, -0.1) is 11.3 Å². The van der Waals surface area contributed by atoms with Gasteiger partial charge in [0.1, 0.15) is 18.7 Å². The molecule has 1 aliphatic heterocycles. The number of thiazole rings is 1. The SMILES string of the molecule is CCCOCC(=O)N[C@H](C(=O)N1C[C@@H](O)C[C@H]1C(=O)NCc1ccc(-c2scnc2C)cc1)C(C)(C)C. The van der Waals surface area contributed by atoms with Crippen LogP contribution in [0.3, 0.4) is 0 Å². The van der Waals surface area contributed by atoms with Gasteiger partial charge < -0.3 is 25.4 Å². The Bertz CT molecular complexity index is 1080. The fourth-order valence-corrected chi connectivity index (χ4v) is 5.10. The molecular weight excluding hydrogens is 492 g/mol. The van der Waals surface area contributed by atoms with Crippen LogP contribution in [0.4, 0.5) is 0 Å². The van der Waals surface area contributed by atoms with Gasteiger partial charge in [0.25, 0.3) is 0 Å². The highest BCUT2D eigenvalue weighted by molar-refractivity contribution is 7.13. The number of aliphatic hydroxyl groups is 1. The van der Waals surface area contributed by atoms with Crippen molar-refractivity contribution < 1.29 is 24.2 Å². The molecule has 2 heterocycles. The van der Waals surface area contributed by atoms with Crippen LogP contribution in [0.15, 0.2) is 29.8 Å². The van der Waals surface area contributed by atoms with E-state index >= 15 is 0 Å². The van der Waals surface area contributed by atoms with E-state index in [2.05, 4.69) is 15.6 Å². The van der Waals surface area contributed by atoms with Gasteiger partial charge in [0.2, 0.25) is 17.7 Å². The molecule has 0 unspecified atom stereocenters. The number of ether oxygens (including phenoxy) is 1. The summed E-state index contributed by atoms with van der Waals surface area (Å²) >= 11 is 1.58. The zero-order valence-corrected chi connectivity index (χ0v) is 23.1. The molecule has 0 aliphatic carbocycles. The number of aliphatic hydroxyl groups excluding tert-OH is 1. The molecule has 3 atom stereocenters. The van der Waals surface area contributed by atoms with Gasteiger partial charge in [-0.05, 0) is 29.9 Å². The lowest BCUT2D eigenvalue weighted by Crippen LogP contribution is -2.58. The summed E-state index contributed by atoms with van der Waals surface area (Å²) in [4.78, 5) is 45.9. The van der Waals surface area contributed by atoms with Crippen LogP contribution < -0.4 is 10.6 Å². The van der Waals surface area contributed by atoms with Crippen LogP contribution in [0.1, 0.15) is 51.8 Å². The van der Waals surface area contributed by atoms with Crippen molar-refractivity contribution >= 4 is 29.1 Å². The number of amides is 3. The molecule has 1 aliphatic rings. The maximum atomic E-state index is 13.5. The Morgan fingerprint density at radius 1 is 1.24 bits per heavy atom. The van der Waals surface area contributed by atoms with E-state index in [1.165, 1.54) is 4.90 Å². The summed E-state index contributed by atoms with van der Waals surface area (Å²) in [5.74, 6) is -1.12. The Balaban J connectivity index is 1.65. The molecule has 3 rings (SSSR count). The molecule has 1 aromatic heterocycles. The van der Waals surface area contributed by atoms with Crippen molar-refractivity contribution in [2.75, 3.05) is 19.8 Å². The molecule has 0 bridgehead atoms. The fraction of sp³-hybridized carbons (Fsp3) is 0.556. The second-order valence-corrected chi connectivity index (χ2v) is 11.4. The number of nitrogens with one attached hydrogen (secondary N) is 2. The Kier molecular flexibility index (Phi) is 9.80. The van der Waals surface area contributed by atoms with E-state index in [9.17, 15) is 19.5 Å². The third kappa shape index (κ3) is 7.59. The van der Waals surface area contributed by atoms with Gasteiger partial charge in [0.15, 0.2) is 0 Å². The van der Waals surface area contributed by atoms with Gasteiger partial charge in [0.05, 0.1) is 22.2 Å². The highest BCUT2D eigenvalue weighted by Crippen LogP contribution is 2.28. The zero-order valence-electron chi connectivity index (χ0n) is 22.2. The van der Waals surface area contributed by atoms with Crippen molar-refractivity contribution in [2.24, 2.45) is 5.41 Å². The lowest BCUT2D eigenvalue weighted by atomic mass is 9.85. The van der Waals surface area contributed by atoms with Crippen LogP contribution in [0.2, 0.25) is 0 Å². The Morgan fingerprint density at radius 3 is 2.54 bits per heavy atom. The third-order valence-electron chi connectivity index (χ3n) is 6.29. The molecule has 9 nitrogen and oxygen atoms in total. The minimum absolute atomic E-state index is 0.0363. The number of likely N-dealkylation sites (tertiary alicyclic amines) is 1. The van der Waals surface area contributed by atoms with Crippen LogP contribution in [-0.2, 0) is 25.7 Å². The first-order valence-electron chi connectivity index (χ1n) is 12.6. The Hall–Kier alpha value is -2.82. The number of aryl methyl sites for hydroxylation is 1. The van der Waals surface area contributed by atoms with Crippen LogP contribution in [0, 0.1) is 12.3 Å². The van der Waals surface area contributed by atoms with E-state index in [0.29, 0.717) is 13.2 Å². The van der Waals surface area contributed by atoms with Crippen LogP contribution in [0.5, 0.6) is 0 Å². The smallest absolute Gasteiger partial charge is 0.246 e. The van der Waals surface area contributed by atoms with Gasteiger partial charge >= 0.3 is 0 Å². The highest BCUT2D eigenvalue weighted by Gasteiger charge is 2.44. The topological polar surface area (TPSA) is 121 Å². The van der Waals surface area contributed by atoms with Gasteiger partial charge in [-0.1, -0.05) is 52.0 Å². The van der Waals surface area contributed by atoms with Gasteiger partial charge in [-0.3, -0.25) is 14.4 Å². The summed E-state index contributed by atoms with van der Waals surface area (Å²) in [5, 5.41) is 16.0. The molecule has 1 saturated heterocycles. The second-order valence-electron chi connectivity index (χ2n) is 10.5. The number of carbonyl (C=O) groups excluding carboxylic acids is 3. The number of hydrogen-bond acceptors (Lipinski definition) is 7. The first kappa shape index (κ1) is 28.7. The number of β-amino-alcohol motifs (C(OH)–C–C–N with tert-alkyl or cyclic N) is 1. The van der Waals surface area contributed by atoms with E-state index in [4.69, 9.17) is 4.74 Å². The third-order valence-corrected chi connectivity index (χ3v) is 7.27. The molecule has 3 N–H and O–H groups in total. The van der Waals surface area contributed by atoms with E-state index in [-0.39, 0.29) is 31.4 Å². The Labute approximate surface area is 222 Å². The summed E-state index contributed by atoms with van der Waals surface area (Å²) in [6.07, 6.45) is 0.115. The maximum absolute atomic E-state index is 13.5. The number of aromatic nitrogens is 1. The van der Waals surface area contributed by atoms with E-state index in [1.807, 2.05) is 64.4 Å². The van der Waals surface area contributed by atoms with Gasteiger partial charge in [-0.2, -0.15) is 0 Å². The lowest BCUT2D eigenvalue weighted by Gasteiger charge is -2.35. The first-order chi connectivity index (χ1) is 17.5. The normalized spacial score (nSPS) is 18.5. The number of hydrogen-bond donors (Lipinski definition) is 3. The molecule has 1 fully saturated rings. The predicted octanol–water partition coefficient (Wildman–Crippen LogP) is 2.65. The molecular formula is C27H38N4O5S. The quantitative estimate of drug-likeness (QED) is 0.406.